The third-order valence-corrected chi connectivity index (χ3v) is 3.94. The van der Waals surface area contributed by atoms with E-state index in [1.807, 2.05) is 60.7 Å². The van der Waals surface area contributed by atoms with Crippen LogP contribution in [0.4, 0.5) is 0 Å². The standard InChI is InChI=1S/2C11H12O2.Ni/c2*1-8(12)11(9(2)13)10-6-4-3-5-7-10;/h2*3-7,11H,1-2H3;/p+4. The number of carbonyl (C=O) groups excluding carboxylic acids is 4. The van der Waals surface area contributed by atoms with Crippen LogP contribution in [0.2, 0.25) is 0 Å². The average Bonchev–Trinajstić information content (AvgIpc) is 2.56. The summed E-state index contributed by atoms with van der Waals surface area (Å²) in [6, 6.07) is 18.9. The van der Waals surface area contributed by atoms with Gasteiger partial charge in [-0.3, -0.25) is 19.2 Å². The summed E-state index contributed by atoms with van der Waals surface area (Å²) in [4.78, 5) is 37.5. The quantitative estimate of drug-likeness (QED) is 0.391. The summed E-state index contributed by atoms with van der Waals surface area (Å²) in [7, 11) is 0. The zero-order valence-corrected chi connectivity index (χ0v) is 17.0. The van der Waals surface area contributed by atoms with Crippen molar-refractivity contribution >= 4 is 23.1 Å². The molecule has 0 aliphatic heterocycles. The van der Waals surface area contributed by atoms with E-state index in [2.05, 4.69) is 0 Å². The maximum Gasteiger partial charge on any atom is 0.310 e. The topological polar surface area (TPSA) is 85.6 Å². The van der Waals surface area contributed by atoms with Crippen LogP contribution in [0.5, 0.6) is 0 Å². The van der Waals surface area contributed by atoms with Crippen LogP contribution in [0.1, 0.15) is 50.7 Å². The van der Waals surface area contributed by atoms with Crippen molar-refractivity contribution in [3.8, 4) is 0 Å². The van der Waals surface area contributed by atoms with E-state index in [4.69, 9.17) is 0 Å². The molecule has 0 aliphatic carbocycles. The zero-order valence-electron chi connectivity index (χ0n) is 16.0. The van der Waals surface area contributed by atoms with Crippen molar-refractivity contribution in [3.63, 3.8) is 0 Å². The van der Waals surface area contributed by atoms with Gasteiger partial charge in [0, 0.05) is 44.2 Å². The molecule has 0 atom stereocenters. The van der Waals surface area contributed by atoms with Gasteiger partial charge in [0.2, 0.25) is 11.8 Å². The Morgan fingerprint density at radius 2 is 0.741 bits per heavy atom. The average molecular weight is 415 g/mol. The largest absolute Gasteiger partial charge is 0.310 e. The fourth-order valence-electron chi connectivity index (χ4n) is 2.86. The minimum atomic E-state index is -0.360. The summed E-state index contributed by atoms with van der Waals surface area (Å²) in [5, 5.41) is 0. The van der Waals surface area contributed by atoms with E-state index >= 15 is 0 Å². The molecule has 0 saturated carbocycles. The van der Waals surface area contributed by atoms with Crippen LogP contribution in [0.3, 0.4) is 0 Å². The molecule has 2 rings (SSSR count). The first-order valence-electron chi connectivity index (χ1n) is 8.45. The second kappa shape index (κ2) is 12.1. The molecule has 0 saturated heterocycles. The number of hydrogen-bond acceptors (Lipinski definition) is 0. The van der Waals surface area contributed by atoms with Crippen molar-refractivity contribution < 1.29 is 35.7 Å². The van der Waals surface area contributed by atoms with E-state index in [1.54, 1.807) is 27.7 Å². The monoisotopic (exact) mass is 414 g/mol. The van der Waals surface area contributed by atoms with E-state index in [9.17, 15) is 19.2 Å². The fourth-order valence-corrected chi connectivity index (χ4v) is 2.86. The summed E-state index contributed by atoms with van der Waals surface area (Å²) in [6.07, 6.45) is 0. The second-order valence-electron chi connectivity index (χ2n) is 6.25. The molecule has 4 nitrogen and oxygen atoms in total. The molecule has 27 heavy (non-hydrogen) atoms. The molecule has 0 radical (unpaired) electrons. The molecule has 4 N–H and O–H groups in total. The molecule has 146 valence electrons. The van der Waals surface area contributed by atoms with Crippen LogP contribution in [-0.4, -0.2) is 42.3 Å². The van der Waals surface area contributed by atoms with Gasteiger partial charge in [-0.15, -0.1) is 0 Å². The Morgan fingerprint density at radius 3 is 0.926 bits per heavy atom. The van der Waals surface area contributed by atoms with Gasteiger partial charge in [-0.05, 0) is 11.1 Å². The van der Waals surface area contributed by atoms with Gasteiger partial charge in [-0.2, -0.15) is 0 Å². The molecule has 0 amide bonds. The van der Waals surface area contributed by atoms with Crippen LogP contribution in [0.25, 0.3) is 0 Å². The van der Waals surface area contributed by atoms with E-state index in [-0.39, 0.29) is 51.5 Å². The van der Waals surface area contributed by atoms with Gasteiger partial charge in [0.05, 0.1) is 0 Å². The Labute approximate surface area is 170 Å². The maximum atomic E-state index is 9.37. The Bertz CT molecular complexity index is 674. The molecule has 0 bridgehead atoms. The van der Waals surface area contributed by atoms with Crippen molar-refractivity contribution in [1.29, 1.82) is 0 Å². The summed E-state index contributed by atoms with van der Waals surface area (Å²) in [6.45, 7) is 6.38. The van der Waals surface area contributed by atoms with E-state index < -0.39 is 0 Å². The molecule has 0 aliphatic rings. The third-order valence-electron chi connectivity index (χ3n) is 3.94. The molecule has 0 unspecified atom stereocenters. The molecular weight excluding hydrogens is 387 g/mol. The summed E-state index contributed by atoms with van der Waals surface area (Å²) in [5.74, 6) is 0.136. The first-order chi connectivity index (χ1) is 12.3. The first-order valence-corrected chi connectivity index (χ1v) is 8.45. The number of ketones is 4. The van der Waals surface area contributed by atoms with E-state index in [0.717, 1.165) is 11.1 Å². The molecule has 5 heteroatoms. The predicted octanol–water partition coefficient (Wildman–Crippen LogP) is 3.80. The zero-order chi connectivity index (χ0) is 19.7. The molecular formula is C22H28NiO4+4. The van der Waals surface area contributed by atoms with Crippen LogP contribution in [0, 0.1) is 0 Å². The molecule has 0 fully saturated rings. The Morgan fingerprint density at radius 1 is 0.519 bits per heavy atom. The van der Waals surface area contributed by atoms with Gasteiger partial charge >= 0.3 is 23.1 Å². The molecule has 0 aromatic heterocycles. The van der Waals surface area contributed by atoms with E-state index in [0.29, 0.717) is 0 Å². The number of rotatable bonds is 6. The van der Waals surface area contributed by atoms with Crippen molar-refractivity contribution in [2.24, 2.45) is 0 Å². The third kappa shape index (κ3) is 7.80. The number of hydrogen-bond donors (Lipinski definition) is 0. The summed E-state index contributed by atoms with van der Waals surface area (Å²) in [5.41, 5.74) is 1.81. The molecule has 0 spiro atoms. The van der Waals surface area contributed by atoms with Crippen molar-refractivity contribution in [2.75, 3.05) is 0 Å². The Kier molecular flexibility index (Phi) is 11.0. The smallest absolute Gasteiger partial charge is 0.282 e. The predicted molar refractivity (Wildman–Crippen MR) is 109 cm³/mol. The molecule has 2 aromatic carbocycles. The SMILES string of the molecule is CC(=[OH+])C(C(C)=[OH+])c1ccccc1.CC(=[OH+])C(C(C)=[OH+])c1ccccc1.[Ni]. The summed E-state index contributed by atoms with van der Waals surface area (Å²) < 4.78 is 0. The van der Waals surface area contributed by atoms with Gasteiger partial charge in [0.25, 0.3) is 0 Å². The maximum absolute atomic E-state index is 9.37. The Hall–Kier alpha value is -2.39. The minimum Gasteiger partial charge on any atom is -0.282 e. The second-order valence-corrected chi connectivity index (χ2v) is 6.25. The molecule has 0 heterocycles. The van der Waals surface area contributed by atoms with E-state index in [1.165, 1.54) is 0 Å². The Balaban J connectivity index is 0.000000483. The van der Waals surface area contributed by atoms with Gasteiger partial charge in [-0.1, -0.05) is 60.7 Å². The molecule has 2 aromatic rings. The van der Waals surface area contributed by atoms with Gasteiger partial charge in [0.1, 0.15) is 0 Å². The minimum absolute atomic E-state index is 0. The van der Waals surface area contributed by atoms with Crippen molar-refractivity contribution in [1.82, 2.24) is 0 Å². The van der Waals surface area contributed by atoms with Crippen molar-refractivity contribution in [2.45, 2.75) is 39.5 Å². The van der Waals surface area contributed by atoms with Crippen LogP contribution >= 0.6 is 0 Å². The fraction of sp³-hybridized carbons (Fsp3) is 0.273. The normalized spacial score (nSPS) is 11.7. The van der Waals surface area contributed by atoms with Crippen LogP contribution < -0.4 is 0 Å². The summed E-state index contributed by atoms with van der Waals surface area (Å²) >= 11 is 0. The van der Waals surface area contributed by atoms with Gasteiger partial charge in [0.15, 0.2) is 0 Å². The van der Waals surface area contributed by atoms with Gasteiger partial charge < -0.3 is 0 Å². The van der Waals surface area contributed by atoms with Crippen molar-refractivity contribution in [3.05, 3.63) is 71.8 Å². The van der Waals surface area contributed by atoms with Crippen LogP contribution in [0.15, 0.2) is 60.7 Å². The van der Waals surface area contributed by atoms with Gasteiger partial charge in [-0.25, -0.2) is 0 Å². The first kappa shape index (κ1) is 24.6. The van der Waals surface area contributed by atoms with Crippen LogP contribution in [-0.2, 0) is 16.5 Å². The number of benzene rings is 2.